The molecule has 1 amide bonds. The molecule has 1 aromatic heterocycles. The lowest BCUT2D eigenvalue weighted by Crippen LogP contribution is -2.41. The highest BCUT2D eigenvalue weighted by Crippen LogP contribution is 2.53. The number of aromatic nitrogens is 3. The van der Waals surface area contributed by atoms with E-state index < -0.39 is 81.8 Å². The molecule has 4 aliphatic rings. The summed E-state index contributed by atoms with van der Waals surface area (Å²) in [5.41, 5.74) is 0.722. The van der Waals surface area contributed by atoms with Crippen LogP contribution in [-0.4, -0.2) is 146 Å². The Morgan fingerprint density at radius 1 is 0.810 bits per heavy atom. The minimum Gasteiger partial charge on any atom is -0.449 e. The van der Waals surface area contributed by atoms with Gasteiger partial charge in [0.2, 0.25) is 0 Å². The summed E-state index contributed by atoms with van der Waals surface area (Å²) in [7, 11) is -8.98. The molecule has 13 atom stereocenters. The Hall–Kier alpha value is -1.94. The van der Waals surface area contributed by atoms with E-state index in [4.69, 9.17) is 41.8 Å². The second-order valence-electron chi connectivity index (χ2n) is 18.9. The number of Topliss-reactive ketones (excluding diaryl/α,β-unsaturated/α-hetero) is 1. The van der Waals surface area contributed by atoms with E-state index in [1.807, 2.05) is 41.5 Å². The summed E-state index contributed by atoms with van der Waals surface area (Å²) in [5.74, 6) is 0.882. The van der Waals surface area contributed by atoms with Gasteiger partial charge in [-0.15, -0.1) is 5.10 Å². The van der Waals surface area contributed by atoms with Crippen LogP contribution in [0.5, 0.6) is 0 Å². The lowest BCUT2D eigenvalue weighted by molar-refractivity contribution is -0.120. The van der Waals surface area contributed by atoms with E-state index in [1.165, 1.54) is 0 Å². The molecule has 7 unspecified atom stereocenters. The fourth-order valence-electron chi connectivity index (χ4n) is 8.23. The Morgan fingerprint density at radius 3 is 2.10 bits per heavy atom. The van der Waals surface area contributed by atoms with E-state index in [1.54, 1.807) is 18.5 Å². The topological polar surface area (TPSA) is 275 Å². The first-order chi connectivity index (χ1) is 29.4. The first kappa shape index (κ1) is 52.0. The van der Waals surface area contributed by atoms with Gasteiger partial charge in [0.1, 0.15) is 43.2 Å². The number of hydrogen-bond acceptors (Lipinski definition) is 17. The maximum Gasteiger partial charge on any atom is 0.472 e. The third-order valence-electron chi connectivity index (χ3n) is 11.5. The first-order valence-corrected chi connectivity index (χ1v) is 25.0. The number of aryl methyl sites for hydroxylation is 1. The summed E-state index contributed by atoms with van der Waals surface area (Å²) < 4.78 is 76.0. The number of hydrogen-bond donors (Lipinski definition) is 5. The molecule has 63 heavy (non-hydrogen) atoms. The Kier molecular flexibility index (Phi) is 18.4. The lowest BCUT2D eigenvalue weighted by atomic mass is 10.0. The predicted octanol–water partition coefficient (Wildman–Crippen LogP) is 3.81. The number of phosphoric acid groups is 2. The van der Waals surface area contributed by atoms with Crippen molar-refractivity contribution in [3.63, 3.8) is 0 Å². The summed E-state index contributed by atoms with van der Waals surface area (Å²) in [5, 5.41) is 32.2. The number of unbranched alkanes of at least 4 members (excludes halogenated alkanes) is 1. The molecule has 3 fully saturated rings. The van der Waals surface area contributed by atoms with Crippen molar-refractivity contribution in [3.8, 4) is 0 Å². The van der Waals surface area contributed by atoms with Crippen molar-refractivity contribution in [1.29, 1.82) is 0 Å². The van der Waals surface area contributed by atoms with Gasteiger partial charge in [0, 0.05) is 13.0 Å². The summed E-state index contributed by atoms with van der Waals surface area (Å²) in [6.45, 7) is 14.3. The number of aliphatic hydroxyl groups excluding tert-OH is 2. The fraction of sp³-hybridized carbons (Fsp3) is 0.900. The second kappa shape index (κ2) is 22.2. The number of nitrogens with one attached hydrogen (secondary N) is 1. The summed E-state index contributed by atoms with van der Waals surface area (Å²) >= 11 is 0. The molecule has 21 nitrogen and oxygen atoms in total. The predicted molar refractivity (Wildman–Crippen MR) is 223 cm³/mol. The Morgan fingerprint density at radius 2 is 1.43 bits per heavy atom. The lowest BCUT2D eigenvalue weighted by Gasteiger charge is -2.29. The molecule has 362 valence electrons. The van der Waals surface area contributed by atoms with Crippen LogP contribution >= 0.6 is 15.6 Å². The highest BCUT2D eigenvalue weighted by atomic mass is 31.2. The van der Waals surface area contributed by atoms with E-state index in [2.05, 4.69) is 15.6 Å². The van der Waals surface area contributed by atoms with Crippen molar-refractivity contribution >= 4 is 27.5 Å². The van der Waals surface area contributed by atoms with Crippen molar-refractivity contribution in [2.75, 3.05) is 39.6 Å². The molecule has 3 heterocycles. The smallest absolute Gasteiger partial charge is 0.449 e. The van der Waals surface area contributed by atoms with Crippen LogP contribution in [0, 0.1) is 17.8 Å². The molecule has 2 saturated heterocycles. The maximum absolute atomic E-state index is 12.9. The van der Waals surface area contributed by atoms with Crippen molar-refractivity contribution in [1.82, 2.24) is 20.3 Å². The largest absolute Gasteiger partial charge is 0.472 e. The zero-order chi connectivity index (χ0) is 46.3. The number of ether oxygens (including phenoxy) is 5. The maximum atomic E-state index is 12.9. The molecule has 23 heteroatoms. The quantitative estimate of drug-likeness (QED) is 0.0771. The highest BCUT2D eigenvalue weighted by molar-refractivity contribution is 7.47. The number of carbonyl (C=O) groups excluding carboxylic acids is 2. The van der Waals surface area contributed by atoms with E-state index in [0.717, 1.165) is 24.2 Å². The molecule has 0 spiro atoms. The normalized spacial score (nSPS) is 31.6. The van der Waals surface area contributed by atoms with Gasteiger partial charge in [0.15, 0.2) is 5.78 Å². The number of amides is 1. The molecule has 5 N–H and O–H groups in total. The molecule has 2 aliphatic carbocycles. The summed E-state index contributed by atoms with van der Waals surface area (Å²) in [4.78, 5) is 45.9. The number of fused-ring (bicyclic) bond motifs is 2. The molecule has 2 aliphatic heterocycles. The van der Waals surface area contributed by atoms with E-state index in [0.29, 0.717) is 37.5 Å². The van der Waals surface area contributed by atoms with Crippen LogP contribution in [0.2, 0.25) is 0 Å². The summed E-state index contributed by atoms with van der Waals surface area (Å²) in [6, 6.07) is 0. The minimum absolute atomic E-state index is 0.0528. The average molecular weight is 941 g/mol. The van der Waals surface area contributed by atoms with Gasteiger partial charge < -0.3 is 49.0 Å². The number of phosphoric ester groups is 2. The van der Waals surface area contributed by atoms with Crippen LogP contribution in [-0.2, 0) is 75.1 Å². The SMILES string of the molecule is C[C@@H]1O[C@H](COP(=O)(O)OCCCCC(=O)Cn2nnc3c2CCC2C(CC3)C2COC(=O)NCCCOP(=O)(O)OC2[C@@H](COC(C)(C)C)O[C@@H](C)[C@H]2O)C(OC(C)(C)C)[C@@H]1O. The molecule has 0 bridgehead atoms. The van der Waals surface area contributed by atoms with Crippen molar-refractivity contribution in [2.45, 2.75) is 173 Å². The molecule has 0 radical (unpaired) electrons. The van der Waals surface area contributed by atoms with Gasteiger partial charge in [-0.25, -0.2) is 18.6 Å². The number of nitrogens with zero attached hydrogens (tertiary/aromatic N) is 3. The Labute approximate surface area is 369 Å². The first-order valence-electron chi connectivity index (χ1n) is 22.0. The highest BCUT2D eigenvalue weighted by Gasteiger charge is 2.51. The third-order valence-corrected chi connectivity index (χ3v) is 13.5. The minimum atomic E-state index is -4.56. The van der Waals surface area contributed by atoms with Crippen molar-refractivity contribution in [2.24, 2.45) is 17.8 Å². The zero-order valence-electron chi connectivity index (χ0n) is 37.8. The number of aliphatic hydroxyl groups is 2. The van der Waals surface area contributed by atoms with Gasteiger partial charge in [0.05, 0.1) is 67.8 Å². The monoisotopic (exact) mass is 940 g/mol. The van der Waals surface area contributed by atoms with Crippen LogP contribution in [0.3, 0.4) is 0 Å². The number of ketones is 1. The number of rotatable bonds is 23. The average Bonchev–Trinajstić information content (AvgIpc) is 3.41. The van der Waals surface area contributed by atoms with E-state index in [-0.39, 0.29) is 70.7 Å². The Balaban J connectivity index is 0.930. The van der Waals surface area contributed by atoms with E-state index in [9.17, 15) is 38.7 Å². The standard InChI is InChI=1S/C40H70N4O17P2/c1-24-34(46)36(60-40(6,7)8)33(59-24)23-57-62(49,50)55-18-10-9-12-26(45)20-44-31-16-14-28-27(13-15-30(31)42-43-44)29(28)21-53-38(48)41-17-11-19-56-63(51,52)61-37-32(22-54-39(3,4)5)58-25(2)35(37)47/h24-25,27-29,32-37,46-47H,9-23H2,1-8H3,(H,41,48)(H,49,50)(H,51,52)/t24-,25-,27?,28?,29?,32+,33+,34+,35+,36?,37?/m0/s1. The van der Waals surface area contributed by atoms with Crippen LogP contribution in [0.4, 0.5) is 4.79 Å². The second-order valence-corrected chi connectivity index (χ2v) is 21.8. The Bertz CT molecular complexity index is 1760. The van der Waals surface area contributed by atoms with Crippen LogP contribution in [0.25, 0.3) is 0 Å². The van der Waals surface area contributed by atoms with Crippen LogP contribution in [0.15, 0.2) is 0 Å². The molecule has 1 aromatic rings. The molecule has 5 rings (SSSR count). The van der Waals surface area contributed by atoms with Crippen LogP contribution < -0.4 is 5.32 Å². The molecule has 0 aromatic carbocycles. The van der Waals surface area contributed by atoms with Crippen molar-refractivity contribution in [3.05, 3.63) is 11.4 Å². The van der Waals surface area contributed by atoms with Gasteiger partial charge in [-0.1, -0.05) is 5.21 Å². The number of carbonyl (C=O) groups is 2. The van der Waals surface area contributed by atoms with Crippen molar-refractivity contribution < 1.29 is 80.5 Å². The van der Waals surface area contributed by atoms with Crippen LogP contribution in [0.1, 0.15) is 105 Å². The van der Waals surface area contributed by atoms with E-state index >= 15 is 0 Å². The molecular weight excluding hydrogens is 870 g/mol. The molecular formula is C40H70N4O17P2. The van der Waals surface area contributed by atoms with Gasteiger partial charge >= 0.3 is 21.7 Å². The van der Waals surface area contributed by atoms with Gasteiger partial charge in [-0.3, -0.25) is 22.9 Å². The fourth-order valence-corrected chi connectivity index (χ4v) is 9.99. The van der Waals surface area contributed by atoms with Gasteiger partial charge in [-0.2, -0.15) is 0 Å². The zero-order valence-corrected chi connectivity index (χ0v) is 39.6. The third kappa shape index (κ3) is 16.1. The number of alkyl carbamates (subject to hydrolysis) is 1. The van der Waals surface area contributed by atoms with Gasteiger partial charge in [0.25, 0.3) is 0 Å². The summed E-state index contributed by atoms with van der Waals surface area (Å²) in [6.07, 6.45) is -2.95. The van der Waals surface area contributed by atoms with Gasteiger partial charge in [-0.05, 0) is 118 Å². The molecule has 1 saturated carbocycles.